The van der Waals surface area contributed by atoms with Crippen LogP contribution in [0.2, 0.25) is 0 Å². The Morgan fingerprint density at radius 3 is 2.36 bits per heavy atom. The molecule has 0 aromatic rings. The highest BCUT2D eigenvalue weighted by Crippen LogP contribution is 2.17. The Morgan fingerprint density at radius 2 is 1.93 bits per heavy atom. The van der Waals surface area contributed by atoms with Crippen LogP contribution in [0.25, 0.3) is 0 Å². The molecule has 0 aromatic carbocycles. The van der Waals surface area contributed by atoms with E-state index in [-0.39, 0.29) is 5.60 Å². The fourth-order valence-corrected chi connectivity index (χ4v) is 1.39. The van der Waals surface area contributed by atoms with Crippen LogP contribution in [0.15, 0.2) is 0 Å². The van der Waals surface area contributed by atoms with E-state index in [1.165, 1.54) is 0 Å². The molecule has 0 aliphatic rings. The van der Waals surface area contributed by atoms with Crippen molar-refractivity contribution in [2.45, 2.75) is 59.0 Å². The molecule has 0 N–H and O–H groups in total. The zero-order valence-electron chi connectivity index (χ0n) is 10.0. The van der Waals surface area contributed by atoms with Crippen LogP contribution in [0.5, 0.6) is 0 Å². The predicted octanol–water partition coefficient (Wildman–Crippen LogP) is 3.20. The summed E-state index contributed by atoms with van der Waals surface area (Å²) >= 11 is 0. The number of carbonyl (C=O) groups is 1. The van der Waals surface area contributed by atoms with Gasteiger partial charge < -0.3 is 9.53 Å². The van der Waals surface area contributed by atoms with Crippen molar-refractivity contribution in [3.8, 4) is 0 Å². The van der Waals surface area contributed by atoms with Crippen molar-refractivity contribution in [2.75, 3.05) is 6.61 Å². The predicted molar refractivity (Wildman–Crippen MR) is 59.4 cm³/mol. The summed E-state index contributed by atoms with van der Waals surface area (Å²) in [6.45, 7) is 9.15. The van der Waals surface area contributed by atoms with Gasteiger partial charge in [-0.15, -0.1) is 0 Å². The van der Waals surface area contributed by atoms with Crippen LogP contribution >= 0.6 is 0 Å². The molecule has 0 aliphatic heterocycles. The summed E-state index contributed by atoms with van der Waals surface area (Å²) in [7, 11) is 0. The van der Waals surface area contributed by atoms with E-state index in [1.54, 1.807) is 0 Å². The van der Waals surface area contributed by atoms with Crippen LogP contribution in [0.4, 0.5) is 0 Å². The summed E-state index contributed by atoms with van der Waals surface area (Å²) < 4.78 is 5.73. The van der Waals surface area contributed by atoms with Crippen molar-refractivity contribution in [1.29, 1.82) is 0 Å². The minimum absolute atomic E-state index is 0.0623. The first kappa shape index (κ1) is 13.6. The first-order valence-electron chi connectivity index (χ1n) is 5.57. The summed E-state index contributed by atoms with van der Waals surface area (Å²) in [6.07, 6.45) is 4.95. The summed E-state index contributed by atoms with van der Waals surface area (Å²) in [5.41, 5.74) is -0.0623. The van der Waals surface area contributed by atoms with Crippen molar-refractivity contribution in [2.24, 2.45) is 5.92 Å². The lowest BCUT2D eigenvalue weighted by atomic mass is 9.99. The van der Waals surface area contributed by atoms with E-state index in [9.17, 15) is 4.79 Å². The largest absolute Gasteiger partial charge is 0.376 e. The van der Waals surface area contributed by atoms with E-state index in [0.29, 0.717) is 12.3 Å². The third-order valence-electron chi connectivity index (χ3n) is 2.14. The molecule has 0 bridgehead atoms. The van der Waals surface area contributed by atoms with Gasteiger partial charge in [0.15, 0.2) is 0 Å². The van der Waals surface area contributed by atoms with Gasteiger partial charge in [-0.3, -0.25) is 0 Å². The van der Waals surface area contributed by atoms with Gasteiger partial charge in [-0.05, 0) is 39.5 Å². The highest BCUT2D eigenvalue weighted by atomic mass is 16.5. The average Bonchev–Trinajstić information content (AvgIpc) is 2.08. The average molecular weight is 200 g/mol. The second-order valence-electron chi connectivity index (χ2n) is 4.82. The zero-order chi connectivity index (χ0) is 11.0. The highest BCUT2D eigenvalue weighted by molar-refractivity contribution is 5.49. The van der Waals surface area contributed by atoms with E-state index in [2.05, 4.69) is 27.7 Å². The molecule has 0 saturated heterocycles. The standard InChI is InChI=1S/C12H24O2/c1-5-7-11(8-6-9-13)10-14-12(2,3)4/h9,11H,5-8,10H2,1-4H3. The Labute approximate surface area is 88.0 Å². The molecule has 1 atom stereocenters. The molecule has 0 aromatic heterocycles. The summed E-state index contributed by atoms with van der Waals surface area (Å²) in [5.74, 6) is 0.546. The van der Waals surface area contributed by atoms with Crippen molar-refractivity contribution in [1.82, 2.24) is 0 Å². The van der Waals surface area contributed by atoms with Crippen LogP contribution in [0.1, 0.15) is 53.4 Å². The topological polar surface area (TPSA) is 26.3 Å². The fraction of sp³-hybridized carbons (Fsp3) is 0.917. The van der Waals surface area contributed by atoms with Gasteiger partial charge in [0.25, 0.3) is 0 Å². The number of aldehydes is 1. The summed E-state index contributed by atoms with van der Waals surface area (Å²) in [6, 6.07) is 0. The van der Waals surface area contributed by atoms with Crippen LogP contribution in [0, 0.1) is 5.92 Å². The lowest BCUT2D eigenvalue weighted by molar-refractivity contribution is -0.108. The van der Waals surface area contributed by atoms with Crippen molar-refractivity contribution >= 4 is 6.29 Å². The third kappa shape index (κ3) is 8.24. The fourth-order valence-electron chi connectivity index (χ4n) is 1.39. The Balaban J connectivity index is 3.77. The molecular formula is C12H24O2. The lowest BCUT2D eigenvalue weighted by Crippen LogP contribution is -2.23. The minimum Gasteiger partial charge on any atom is -0.376 e. The molecule has 84 valence electrons. The van der Waals surface area contributed by atoms with Gasteiger partial charge in [-0.2, -0.15) is 0 Å². The molecular weight excluding hydrogens is 176 g/mol. The normalized spacial score (nSPS) is 14.0. The maximum atomic E-state index is 10.3. The SMILES string of the molecule is CCCC(CCC=O)COC(C)(C)C. The van der Waals surface area contributed by atoms with Crippen molar-refractivity contribution in [3.05, 3.63) is 0 Å². The maximum absolute atomic E-state index is 10.3. The number of hydrogen-bond donors (Lipinski definition) is 0. The first-order valence-corrected chi connectivity index (χ1v) is 5.57. The molecule has 0 aliphatic carbocycles. The molecule has 2 nitrogen and oxygen atoms in total. The minimum atomic E-state index is -0.0623. The summed E-state index contributed by atoms with van der Waals surface area (Å²) in [5, 5.41) is 0. The van der Waals surface area contributed by atoms with E-state index < -0.39 is 0 Å². The Bertz CT molecular complexity index is 147. The molecule has 0 radical (unpaired) electrons. The monoisotopic (exact) mass is 200 g/mol. The van der Waals surface area contributed by atoms with Crippen LogP contribution < -0.4 is 0 Å². The van der Waals surface area contributed by atoms with Gasteiger partial charge in [0.05, 0.1) is 12.2 Å². The van der Waals surface area contributed by atoms with Gasteiger partial charge >= 0.3 is 0 Å². The Morgan fingerprint density at radius 1 is 1.29 bits per heavy atom. The van der Waals surface area contributed by atoms with Crippen LogP contribution in [-0.4, -0.2) is 18.5 Å². The molecule has 0 spiro atoms. The number of carbonyl (C=O) groups excluding carboxylic acids is 1. The highest BCUT2D eigenvalue weighted by Gasteiger charge is 2.14. The van der Waals surface area contributed by atoms with Crippen molar-refractivity contribution < 1.29 is 9.53 Å². The Hall–Kier alpha value is -0.370. The van der Waals surface area contributed by atoms with E-state index in [4.69, 9.17) is 4.74 Å². The van der Waals surface area contributed by atoms with Gasteiger partial charge in [0.1, 0.15) is 6.29 Å². The molecule has 0 saturated carbocycles. The number of hydrogen-bond acceptors (Lipinski definition) is 2. The van der Waals surface area contributed by atoms with Crippen LogP contribution in [0.3, 0.4) is 0 Å². The molecule has 0 rings (SSSR count). The second kappa shape index (κ2) is 6.99. The Kier molecular flexibility index (Phi) is 6.81. The van der Waals surface area contributed by atoms with Gasteiger partial charge in [-0.25, -0.2) is 0 Å². The molecule has 1 unspecified atom stereocenters. The lowest BCUT2D eigenvalue weighted by Gasteiger charge is -2.24. The molecule has 2 heteroatoms. The third-order valence-corrected chi connectivity index (χ3v) is 2.14. The molecule has 0 heterocycles. The second-order valence-corrected chi connectivity index (χ2v) is 4.82. The van der Waals surface area contributed by atoms with E-state index >= 15 is 0 Å². The van der Waals surface area contributed by atoms with E-state index in [1.807, 2.05) is 0 Å². The maximum Gasteiger partial charge on any atom is 0.120 e. The number of rotatable bonds is 7. The quantitative estimate of drug-likeness (QED) is 0.590. The van der Waals surface area contributed by atoms with E-state index in [0.717, 1.165) is 32.2 Å². The number of ether oxygens (including phenoxy) is 1. The smallest absolute Gasteiger partial charge is 0.120 e. The van der Waals surface area contributed by atoms with Crippen molar-refractivity contribution in [3.63, 3.8) is 0 Å². The summed E-state index contributed by atoms with van der Waals surface area (Å²) in [4.78, 5) is 10.3. The first-order chi connectivity index (χ1) is 6.49. The van der Waals surface area contributed by atoms with Gasteiger partial charge in [0, 0.05) is 6.42 Å². The molecule has 0 fully saturated rings. The molecule has 0 amide bonds. The zero-order valence-corrected chi connectivity index (χ0v) is 10.0. The van der Waals surface area contributed by atoms with Crippen LogP contribution in [-0.2, 0) is 9.53 Å². The van der Waals surface area contributed by atoms with Gasteiger partial charge in [0.2, 0.25) is 0 Å². The molecule has 14 heavy (non-hydrogen) atoms. The van der Waals surface area contributed by atoms with Gasteiger partial charge in [-0.1, -0.05) is 13.3 Å².